The molecule has 0 amide bonds. The Hall–Kier alpha value is -1.84. The van der Waals surface area contributed by atoms with Crippen LogP contribution < -0.4 is 5.32 Å². The van der Waals surface area contributed by atoms with Gasteiger partial charge in [0, 0.05) is 18.1 Å². The summed E-state index contributed by atoms with van der Waals surface area (Å²) in [4.78, 5) is 11.2. The number of hydrogen-bond donors (Lipinski definition) is 2. The summed E-state index contributed by atoms with van der Waals surface area (Å²) in [5, 5.41) is 3.10. The van der Waals surface area contributed by atoms with Crippen LogP contribution in [0.5, 0.6) is 0 Å². The minimum Gasteiger partial charge on any atom is -0.328 e. The molecule has 13 heavy (non-hydrogen) atoms. The van der Waals surface area contributed by atoms with E-state index in [0.717, 1.165) is 17.3 Å². The smallest absolute Gasteiger partial charge is 0.204 e. The molecule has 2 heterocycles. The fourth-order valence-electron chi connectivity index (χ4n) is 1.05. The van der Waals surface area contributed by atoms with Gasteiger partial charge >= 0.3 is 0 Å². The molecular formula is C9H10N4. The summed E-state index contributed by atoms with van der Waals surface area (Å²) in [7, 11) is 0. The van der Waals surface area contributed by atoms with Crippen molar-refractivity contribution in [3.05, 3.63) is 36.4 Å². The first-order valence-electron chi connectivity index (χ1n) is 4.03. The molecule has 4 nitrogen and oxygen atoms in total. The van der Waals surface area contributed by atoms with Crippen molar-refractivity contribution in [2.45, 2.75) is 6.92 Å². The molecule has 0 aliphatic heterocycles. The molecule has 0 saturated heterocycles. The summed E-state index contributed by atoms with van der Waals surface area (Å²) in [5.41, 5.74) is 1.96. The van der Waals surface area contributed by atoms with E-state index in [1.165, 1.54) is 0 Å². The van der Waals surface area contributed by atoms with Gasteiger partial charge in [-0.3, -0.25) is 4.98 Å². The van der Waals surface area contributed by atoms with E-state index in [0.29, 0.717) is 0 Å². The standard InChI is InChI=1S/C9H10N4/c1-7-5-11-9(12-7)13-8-3-2-4-10-6-8/h2-6H,1H3,(H2,11,12,13). The second-order valence-corrected chi connectivity index (χ2v) is 2.78. The zero-order valence-electron chi connectivity index (χ0n) is 7.28. The maximum Gasteiger partial charge on any atom is 0.204 e. The minimum atomic E-state index is 0.741. The van der Waals surface area contributed by atoms with E-state index in [1.807, 2.05) is 19.1 Å². The van der Waals surface area contributed by atoms with Gasteiger partial charge in [-0.15, -0.1) is 0 Å². The third-order valence-corrected chi connectivity index (χ3v) is 1.63. The Morgan fingerprint density at radius 3 is 2.92 bits per heavy atom. The Morgan fingerprint density at radius 1 is 1.38 bits per heavy atom. The Labute approximate surface area is 76.1 Å². The number of pyridine rings is 1. The van der Waals surface area contributed by atoms with Crippen LogP contribution in [-0.2, 0) is 0 Å². The number of aromatic amines is 1. The van der Waals surface area contributed by atoms with Crippen molar-refractivity contribution in [1.29, 1.82) is 0 Å². The number of H-pyrrole nitrogens is 1. The van der Waals surface area contributed by atoms with E-state index >= 15 is 0 Å². The van der Waals surface area contributed by atoms with Crippen molar-refractivity contribution in [3.8, 4) is 0 Å². The first-order valence-corrected chi connectivity index (χ1v) is 4.03. The third kappa shape index (κ3) is 1.84. The van der Waals surface area contributed by atoms with Gasteiger partial charge in [-0.2, -0.15) is 0 Å². The van der Waals surface area contributed by atoms with Crippen molar-refractivity contribution in [1.82, 2.24) is 15.0 Å². The Balaban J connectivity index is 2.15. The molecule has 0 spiro atoms. The van der Waals surface area contributed by atoms with Crippen LogP contribution >= 0.6 is 0 Å². The van der Waals surface area contributed by atoms with Gasteiger partial charge in [0.05, 0.1) is 11.9 Å². The maximum absolute atomic E-state index is 4.12. The number of imidazole rings is 1. The molecule has 2 aromatic rings. The highest BCUT2D eigenvalue weighted by Gasteiger charge is 1.96. The van der Waals surface area contributed by atoms with Crippen LogP contribution in [0.1, 0.15) is 5.69 Å². The Kier molecular flexibility index (Phi) is 1.96. The first-order chi connectivity index (χ1) is 6.34. The van der Waals surface area contributed by atoms with E-state index in [1.54, 1.807) is 18.6 Å². The van der Waals surface area contributed by atoms with Gasteiger partial charge < -0.3 is 10.3 Å². The van der Waals surface area contributed by atoms with Gasteiger partial charge in [-0.05, 0) is 19.1 Å². The highest BCUT2D eigenvalue weighted by Crippen LogP contribution is 2.10. The molecular weight excluding hydrogens is 164 g/mol. The molecule has 66 valence electrons. The number of nitrogens with zero attached hydrogens (tertiary/aromatic N) is 2. The number of nitrogens with one attached hydrogen (secondary N) is 2. The normalized spacial score (nSPS) is 9.92. The van der Waals surface area contributed by atoms with E-state index < -0.39 is 0 Å². The van der Waals surface area contributed by atoms with Crippen LogP contribution in [0.3, 0.4) is 0 Å². The second-order valence-electron chi connectivity index (χ2n) is 2.78. The quantitative estimate of drug-likeness (QED) is 0.730. The van der Waals surface area contributed by atoms with Gasteiger partial charge in [-0.1, -0.05) is 0 Å². The Bertz CT molecular complexity index is 380. The molecule has 0 fully saturated rings. The predicted molar refractivity (Wildman–Crippen MR) is 50.8 cm³/mol. The average molecular weight is 174 g/mol. The molecule has 2 N–H and O–H groups in total. The highest BCUT2D eigenvalue weighted by molar-refractivity contribution is 5.51. The maximum atomic E-state index is 4.12. The number of rotatable bonds is 2. The minimum absolute atomic E-state index is 0.741. The lowest BCUT2D eigenvalue weighted by atomic mass is 10.4. The third-order valence-electron chi connectivity index (χ3n) is 1.63. The number of aryl methyl sites for hydroxylation is 1. The zero-order chi connectivity index (χ0) is 9.10. The van der Waals surface area contributed by atoms with Gasteiger partial charge in [-0.25, -0.2) is 4.98 Å². The molecule has 0 saturated carbocycles. The lowest BCUT2D eigenvalue weighted by molar-refractivity contribution is 1.23. The van der Waals surface area contributed by atoms with E-state index in [9.17, 15) is 0 Å². The molecule has 2 aromatic heterocycles. The number of hydrogen-bond acceptors (Lipinski definition) is 3. The summed E-state index contributed by atoms with van der Waals surface area (Å²) < 4.78 is 0. The second kappa shape index (κ2) is 3.26. The van der Waals surface area contributed by atoms with Gasteiger partial charge in [0.15, 0.2) is 0 Å². The summed E-state index contributed by atoms with van der Waals surface area (Å²) in [6.07, 6.45) is 5.26. The van der Waals surface area contributed by atoms with Crippen molar-refractivity contribution in [2.75, 3.05) is 5.32 Å². The fourth-order valence-corrected chi connectivity index (χ4v) is 1.05. The monoisotopic (exact) mass is 174 g/mol. The van der Waals surface area contributed by atoms with Crippen molar-refractivity contribution in [2.24, 2.45) is 0 Å². The van der Waals surface area contributed by atoms with E-state index in [2.05, 4.69) is 20.3 Å². The van der Waals surface area contributed by atoms with Crippen LogP contribution in [0.4, 0.5) is 11.6 Å². The molecule has 0 aromatic carbocycles. The van der Waals surface area contributed by atoms with Crippen LogP contribution in [0.25, 0.3) is 0 Å². The van der Waals surface area contributed by atoms with E-state index in [4.69, 9.17) is 0 Å². The predicted octanol–water partition coefficient (Wildman–Crippen LogP) is 1.86. The lowest BCUT2D eigenvalue weighted by Gasteiger charge is -1.99. The molecule has 0 bridgehead atoms. The summed E-state index contributed by atoms with van der Waals surface area (Å²) >= 11 is 0. The average Bonchev–Trinajstić information content (AvgIpc) is 2.53. The number of aromatic nitrogens is 3. The molecule has 4 heteroatoms. The molecule has 0 unspecified atom stereocenters. The summed E-state index contributed by atoms with van der Waals surface area (Å²) in [5.74, 6) is 0.741. The van der Waals surface area contributed by atoms with Crippen LogP contribution in [0.2, 0.25) is 0 Å². The largest absolute Gasteiger partial charge is 0.328 e. The lowest BCUT2D eigenvalue weighted by Crippen LogP contribution is -1.92. The van der Waals surface area contributed by atoms with Crippen LogP contribution in [-0.4, -0.2) is 15.0 Å². The SMILES string of the molecule is Cc1cnc(Nc2cccnc2)[nH]1. The van der Waals surface area contributed by atoms with Gasteiger partial charge in [0.1, 0.15) is 0 Å². The molecule has 0 radical (unpaired) electrons. The van der Waals surface area contributed by atoms with E-state index in [-0.39, 0.29) is 0 Å². The zero-order valence-corrected chi connectivity index (χ0v) is 7.28. The van der Waals surface area contributed by atoms with Crippen LogP contribution in [0.15, 0.2) is 30.7 Å². The summed E-state index contributed by atoms with van der Waals surface area (Å²) in [6, 6.07) is 3.81. The Morgan fingerprint density at radius 2 is 2.31 bits per heavy atom. The number of anilines is 2. The molecule has 0 aliphatic carbocycles. The molecule has 2 rings (SSSR count). The fraction of sp³-hybridized carbons (Fsp3) is 0.111. The molecule has 0 aliphatic rings. The molecule has 0 atom stereocenters. The van der Waals surface area contributed by atoms with Crippen molar-refractivity contribution < 1.29 is 0 Å². The van der Waals surface area contributed by atoms with Gasteiger partial charge in [0.25, 0.3) is 0 Å². The topological polar surface area (TPSA) is 53.6 Å². The van der Waals surface area contributed by atoms with Crippen molar-refractivity contribution in [3.63, 3.8) is 0 Å². The highest BCUT2D eigenvalue weighted by atomic mass is 15.1. The summed E-state index contributed by atoms with van der Waals surface area (Å²) in [6.45, 7) is 1.96. The first kappa shape index (κ1) is 7.79. The van der Waals surface area contributed by atoms with Crippen molar-refractivity contribution >= 4 is 11.6 Å². The van der Waals surface area contributed by atoms with Gasteiger partial charge in [0.2, 0.25) is 5.95 Å². The van der Waals surface area contributed by atoms with Crippen LogP contribution in [0, 0.1) is 6.92 Å².